The number of para-hydroxylation sites is 1. The van der Waals surface area contributed by atoms with E-state index in [0.717, 1.165) is 11.1 Å². The molecule has 0 fully saturated rings. The Kier molecular flexibility index (Phi) is 4.84. The second kappa shape index (κ2) is 7.43. The summed E-state index contributed by atoms with van der Waals surface area (Å²) in [5.74, 6) is 0.532. The van der Waals surface area contributed by atoms with Gasteiger partial charge in [0, 0.05) is 15.6 Å². The highest BCUT2D eigenvalue weighted by Gasteiger charge is 2.12. The largest absolute Gasteiger partial charge is 0.317 e. The molecule has 1 N–H and O–H groups in total. The molecule has 0 aliphatic rings. The predicted molar refractivity (Wildman–Crippen MR) is 111 cm³/mol. The van der Waals surface area contributed by atoms with Crippen LogP contribution in [0.1, 0.15) is 5.56 Å². The summed E-state index contributed by atoms with van der Waals surface area (Å²) in [5, 5.41) is 1.85. The average molecular weight is 396 g/mol. The highest BCUT2D eigenvalue weighted by Crippen LogP contribution is 2.21. The lowest BCUT2D eigenvalue weighted by Gasteiger charge is -2.16. The van der Waals surface area contributed by atoms with Gasteiger partial charge in [0.2, 0.25) is 0 Å². The minimum atomic E-state index is -0.153. The molecule has 0 amide bonds. The molecule has 6 heteroatoms. The Morgan fingerprint density at radius 1 is 0.852 bits per heavy atom. The molecule has 4 rings (SSSR count). The number of hydrogen-bond acceptors (Lipinski definition) is 3. The van der Waals surface area contributed by atoms with Gasteiger partial charge in [-0.05, 0) is 54.1 Å². The minimum absolute atomic E-state index is 0.153. The van der Waals surface area contributed by atoms with Gasteiger partial charge in [0.25, 0.3) is 5.56 Å². The third-order valence-electron chi connectivity index (χ3n) is 4.23. The zero-order valence-corrected chi connectivity index (χ0v) is 15.7. The van der Waals surface area contributed by atoms with Crippen molar-refractivity contribution in [1.29, 1.82) is 0 Å². The lowest BCUT2D eigenvalue weighted by Crippen LogP contribution is -2.31. The van der Waals surface area contributed by atoms with Gasteiger partial charge in [-0.25, -0.2) is 9.66 Å². The summed E-state index contributed by atoms with van der Waals surface area (Å²) in [6.45, 7) is 0.456. The zero-order valence-electron chi connectivity index (χ0n) is 14.2. The van der Waals surface area contributed by atoms with Crippen LogP contribution in [0.3, 0.4) is 0 Å². The molecular formula is C21H15Cl2N3O. The normalized spacial score (nSPS) is 10.9. The first-order valence-electron chi connectivity index (χ1n) is 8.38. The van der Waals surface area contributed by atoms with Crippen LogP contribution in [0.15, 0.2) is 77.6 Å². The monoisotopic (exact) mass is 395 g/mol. The Balaban J connectivity index is 1.82. The summed E-state index contributed by atoms with van der Waals surface area (Å²) < 4.78 is 1.49. The van der Waals surface area contributed by atoms with E-state index in [4.69, 9.17) is 28.2 Å². The van der Waals surface area contributed by atoms with Crippen LogP contribution in [0, 0.1) is 0 Å². The molecule has 0 aliphatic heterocycles. The fourth-order valence-corrected chi connectivity index (χ4v) is 3.10. The fraction of sp³-hybridized carbons (Fsp3) is 0.0476. The van der Waals surface area contributed by atoms with Crippen molar-refractivity contribution in [3.63, 3.8) is 0 Å². The Labute approximate surface area is 166 Å². The maximum absolute atomic E-state index is 13.1. The number of nitrogens with one attached hydrogen (secondary N) is 1. The number of benzene rings is 3. The Morgan fingerprint density at radius 2 is 1.48 bits per heavy atom. The van der Waals surface area contributed by atoms with Gasteiger partial charge in [-0.15, -0.1) is 0 Å². The van der Waals surface area contributed by atoms with Crippen LogP contribution in [0.5, 0.6) is 0 Å². The van der Waals surface area contributed by atoms with E-state index in [-0.39, 0.29) is 5.56 Å². The number of rotatable bonds is 4. The Morgan fingerprint density at radius 3 is 2.19 bits per heavy atom. The van der Waals surface area contributed by atoms with E-state index in [2.05, 4.69) is 5.43 Å². The van der Waals surface area contributed by atoms with Crippen molar-refractivity contribution in [2.75, 3.05) is 5.43 Å². The van der Waals surface area contributed by atoms with Gasteiger partial charge in [0.1, 0.15) is 0 Å². The molecule has 0 atom stereocenters. The van der Waals surface area contributed by atoms with Crippen molar-refractivity contribution in [1.82, 2.24) is 9.66 Å². The van der Waals surface area contributed by atoms with Crippen molar-refractivity contribution >= 4 is 34.1 Å². The summed E-state index contributed by atoms with van der Waals surface area (Å²) in [5.41, 5.74) is 5.48. The third-order valence-corrected chi connectivity index (χ3v) is 4.74. The highest BCUT2D eigenvalue weighted by molar-refractivity contribution is 6.30. The molecule has 1 aromatic heterocycles. The quantitative estimate of drug-likeness (QED) is 0.521. The molecule has 27 heavy (non-hydrogen) atoms. The van der Waals surface area contributed by atoms with Crippen molar-refractivity contribution in [3.05, 3.63) is 98.8 Å². The Bertz CT molecular complexity index is 1150. The van der Waals surface area contributed by atoms with Crippen LogP contribution in [-0.2, 0) is 6.54 Å². The number of nitrogens with zero attached hydrogens (tertiary/aromatic N) is 2. The molecule has 0 spiro atoms. The van der Waals surface area contributed by atoms with E-state index in [1.807, 2.05) is 54.6 Å². The van der Waals surface area contributed by atoms with Crippen LogP contribution in [-0.4, -0.2) is 9.66 Å². The van der Waals surface area contributed by atoms with Crippen LogP contribution >= 0.6 is 23.2 Å². The molecule has 0 radical (unpaired) electrons. The van der Waals surface area contributed by atoms with Crippen LogP contribution < -0.4 is 11.0 Å². The lowest BCUT2D eigenvalue weighted by molar-refractivity contribution is 0.801. The number of fused-ring (bicyclic) bond motifs is 1. The fourth-order valence-electron chi connectivity index (χ4n) is 2.84. The van der Waals surface area contributed by atoms with E-state index >= 15 is 0 Å². The number of halogens is 2. The molecular weight excluding hydrogens is 381 g/mol. The molecule has 0 saturated heterocycles. The smallest absolute Gasteiger partial charge is 0.280 e. The number of aromatic nitrogens is 2. The van der Waals surface area contributed by atoms with Gasteiger partial charge >= 0.3 is 0 Å². The zero-order chi connectivity index (χ0) is 18.8. The van der Waals surface area contributed by atoms with Crippen LogP contribution in [0.4, 0.5) is 0 Å². The predicted octanol–water partition coefficient (Wildman–Crippen LogP) is 5.11. The summed E-state index contributed by atoms with van der Waals surface area (Å²) in [6.07, 6.45) is 0. The van der Waals surface area contributed by atoms with Crippen LogP contribution in [0.25, 0.3) is 22.3 Å². The first-order valence-corrected chi connectivity index (χ1v) is 9.13. The average Bonchev–Trinajstić information content (AvgIpc) is 2.69. The van der Waals surface area contributed by atoms with E-state index < -0.39 is 0 Å². The first-order chi connectivity index (χ1) is 13.1. The summed E-state index contributed by atoms with van der Waals surface area (Å²) in [6, 6.07) is 22.0. The van der Waals surface area contributed by atoms with E-state index in [0.29, 0.717) is 33.3 Å². The molecule has 4 nitrogen and oxygen atoms in total. The van der Waals surface area contributed by atoms with Gasteiger partial charge in [-0.3, -0.25) is 4.79 Å². The van der Waals surface area contributed by atoms with Gasteiger partial charge in [-0.2, -0.15) is 0 Å². The molecule has 0 aliphatic carbocycles. The molecule has 0 saturated carbocycles. The van der Waals surface area contributed by atoms with E-state index in [9.17, 15) is 4.79 Å². The van der Waals surface area contributed by atoms with Gasteiger partial charge in [-0.1, -0.05) is 47.5 Å². The second-order valence-corrected chi connectivity index (χ2v) is 6.93. The van der Waals surface area contributed by atoms with E-state index in [1.165, 1.54) is 4.68 Å². The van der Waals surface area contributed by atoms with Gasteiger partial charge in [0.05, 0.1) is 17.4 Å². The van der Waals surface area contributed by atoms with Crippen molar-refractivity contribution < 1.29 is 0 Å². The second-order valence-electron chi connectivity index (χ2n) is 6.06. The number of hydrogen-bond donors (Lipinski definition) is 1. The standard InChI is InChI=1S/C21H15Cl2N3O/c22-16-9-5-14(6-10-16)13-24-26-20(15-7-11-17(23)12-8-15)25-19-4-2-1-3-18(19)21(26)27/h1-12,24H,13H2. The summed E-state index contributed by atoms with van der Waals surface area (Å²) >= 11 is 11.9. The Hall–Kier alpha value is -2.82. The topological polar surface area (TPSA) is 46.9 Å². The first kappa shape index (κ1) is 17.6. The van der Waals surface area contributed by atoms with Gasteiger partial charge in [0.15, 0.2) is 5.82 Å². The molecule has 0 unspecified atom stereocenters. The maximum Gasteiger partial charge on any atom is 0.280 e. The van der Waals surface area contributed by atoms with Crippen molar-refractivity contribution in [3.8, 4) is 11.4 Å². The SMILES string of the molecule is O=c1c2ccccc2nc(-c2ccc(Cl)cc2)n1NCc1ccc(Cl)cc1. The van der Waals surface area contributed by atoms with Crippen molar-refractivity contribution in [2.24, 2.45) is 0 Å². The van der Waals surface area contributed by atoms with E-state index in [1.54, 1.807) is 18.2 Å². The van der Waals surface area contributed by atoms with Crippen LogP contribution in [0.2, 0.25) is 10.0 Å². The van der Waals surface area contributed by atoms with Gasteiger partial charge < -0.3 is 5.43 Å². The molecule has 134 valence electrons. The summed E-state index contributed by atoms with van der Waals surface area (Å²) in [7, 11) is 0. The lowest BCUT2D eigenvalue weighted by atomic mass is 10.2. The molecule has 0 bridgehead atoms. The minimum Gasteiger partial charge on any atom is -0.317 e. The maximum atomic E-state index is 13.1. The molecule has 4 aromatic rings. The summed E-state index contributed by atoms with van der Waals surface area (Å²) in [4.78, 5) is 17.8. The highest BCUT2D eigenvalue weighted by atomic mass is 35.5. The molecule has 1 heterocycles. The third kappa shape index (κ3) is 3.68. The molecule has 3 aromatic carbocycles. The van der Waals surface area contributed by atoms with Crippen molar-refractivity contribution in [2.45, 2.75) is 6.54 Å².